The van der Waals surface area contributed by atoms with Crippen LogP contribution in [0.4, 0.5) is 5.69 Å². The van der Waals surface area contributed by atoms with E-state index >= 15 is 0 Å². The van der Waals surface area contributed by atoms with Crippen LogP contribution in [0.3, 0.4) is 0 Å². The quantitative estimate of drug-likeness (QED) is 0.487. The van der Waals surface area contributed by atoms with Crippen LogP contribution in [0.2, 0.25) is 0 Å². The van der Waals surface area contributed by atoms with Crippen molar-refractivity contribution in [3.8, 4) is 0 Å². The standard InChI is InChI=1S/C26H27N5O5S/c32-25(17-9-11-27-12-10-17)28-18-3-7-22(8-4-18)37(34,35)31-20-5-6-21(31)14-19(13-20)29-26(33)23-15-24(36-30-23)16-1-2-16/h3-4,7-12,15-16,19-21H,1-2,5-6,13-14H2,(H,28,32)(H,29,33)/t19-,20+,21-. The molecule has 1 aromatic carbocycles. The second-order valence-corrected chi connectivity index (χ2v) is 11.8. The van der Waals surface area contributed by atoms with Gasteiger partial charge in [-0.2, -0.15) is 4.31 Å². The van der Waals surface area contributed by atoms with Crippen LogP contribution in [0.15, 0.2) is 64.3 Å². The molecule has 1 saturated carbocycles. The van der Waals surface area contributed by atoms with Crippen LogP contribution in [0, 0.1) is 0 Å². The van der Waals surface area contributed by atoms with E-state index in [1.165, 1.54) is 24.5 Å². The molecule has 4 heterocycles. The molecule has 37 heavy (non-hydrogen) atoms. The van der Waals surface area contributed by atoms with E-state index in [0.29, 0.717) is 30.0 Å². The summed E-state index contributed by atoms with van der Waals surface area (Å²) in [6.45, 7) is 0. The van der Waals surface area contributed by atoms with Crippen LogP contribution in [0.25, 0.3) is 0 Å². The third-order valence-electron chi connectivity index (χ3n) is 7.37. The Morgan fingerprint density at radius 2 is 1.59 bits per heavy atom. The summed E-state index contributed by atoms with van der Waals surface area (Å²) in [5.74, 6) is 0.564. The number of anilines is 1. The highest BCUT2D eigenvalue weighted by Crippen LogP contribution is 2.41. The van der Waals surface area contributed by atoms with Gasteiger partial charge in [-0.15, -0.1) is 0 Å². The molecule has 2 bridgehead atoms. The Bertz CT molecular complexity index is 1410. The highest BCUT2D eigenvalue weighted by atomic mass is 32.2. The molecular formula is C26H27N5O5S. The lowest BCUT2D eigenvalue weighted by molar-refractivity contribution is 0.0899. The minimum atomic E-state index is -3.73. The zero-order valence-electron chi connectivity index (χ0n) is 20.0. The molecule has 1 aliphatic carbocycles. The molecule has 0 radical (unpaired) electrons. The van der Waals surface area contributed by atoms with Crippen molar-refractivity contribution < 1.29 is 22.5 Å². The molecule has 3 aromatic rings. The van der Waals surface area contributed by atoms with E-state index in [0.717, 1.165) is 31.4 Å². The molecule has 0 unspecified atom stereocenters. The lowest BCUT2D eigenvalue weighted by Gasteiger charge is -2.38. The summed E-state index contributed by atoms with van der Waals surface area (Å²) < 4.78 is 34.0. The van der Waals surface area contributed by atoms with Crippen LogP contribution in [-0.4, -0.2) is 52.8 Å². The largest absolute Gasteiger partial charge is 0.360 e. The van der Waals surface area contributed by atoms with Gasteiger partial charge in [0.2, 0.25) is 10.0 Å². The Kier molecular flexibility index (Phi) is 6.04. The Labute approximate surface area is 214 Å². The number of piperidine rings is 1. The smallest absolute Gasteiger partial charge is 0.273 e. The molecule has 6 rings (SSSR count). The Balaban J connectivity index is 1.10. The number of hydrogen-bond acceptors (Lipinski definition) is 7. The Morgan fingerprint density at radius 1 is 0.919 bits per heavy atom. The van der Waals surface area contributed by atoms with Crippen LogP contribution in [-0.2, 0) is 10.0 Å². The zero-order chi connectivity index (χ0) is 25.6. The first-order chi connectivity index (χ1) is 17.9. The van der Waals surface area contributed by atoms with Gasteiger partial charge in [0.25, 0.3) is 11.8 Å². The number of fused-ring (bicyclic) bond motifs is 2. The third-order valence-corrected chi connectivity index (χ3v) is 9.39. The normalized spacial score (nSPS) is 23.5. The molecule has 2 aromatic heterocycles. The first kappa shape index (κ1) is 23.8. The lowest BCUT2D eigenvalue weighted by Crippen LogP contribution is -2.52. The highest BCUT2D eigenvalue weighted by molar-refractivity contribution is 7.89. The molecule has 10 nitrogen and oxygen atoms in total. The first-order valence-corrected chi connectivity index (χ1v) is 13.9. The first-order valence-electron chi connectivity index (χ1n) is 12.5. The van der Waals surface area contributed by atoms with Crippen molar-refractivity contribution in [2.75, 3.05) is 5.32 Å². The maximum Gasteiger partial charge on any atom is 0.273 e. The summed E-state index contributed by atoms with van der Waals surface area (Å²) in [6.07, 6.45) is 7.81. The van der Waals surface area contributed by atoms with Crippen molar-refractivity contribution in [3.05, 3.63) is 71.9 Å². The Hall–Kier alpha value is -3.57. The minimum Gasteiger partial charge on any atom is -0.360 e. The van der Waals surface area contributed by atoms with Gasteiger partial charge >= 0.3 is 0 Å². The summed E-state index contributed by atoms with van der Waals surface area (Å²) in [4.78, 5) is 29.1. The average Bonchev–Trinajstić information content (AvgIpc) is 3.55. The molecule has 3 aliphatic rings. The van der Waals surface area contributed by atoms with E-state index in [1.807, 2.05) is 0 Å². The van der Waals surface area contributed by atoms with E-state index in [9.17, 15) is 18.0 Å². The van der Waals surface area contributed by atoms with E-state index in [-0.39, 0.29) is 40.5 Å². The van der Waals surface area contributed by atoms with Gasteiger partial charge in [-0.05, 0) is 74.9 Å². The molecule has 3 atom stereocenters. The predicted molar refractivity (Wildman–Crippen MR) is 133 cm³/mol. The lowest BCUT2D eigenvalue weighted by atomic mass is 9.99. The summed E-state index contributed by atoms with van der Waals surface area (Å²) >= 11 is 0. The van der Waals surface area contributed by atoms with Gasteiger partial charge in [0.1, 0.15) is 5.76 Å². The van der Waals surface area contributed by atoms with Gasteiger partial charge in [-0.3, -0.25) is 14.6 Å². The topological polar surface area (TPSA) is 134 Å². The van der Waals surface area contributed by atoms with E-state index in [2.05, 4.69) is 20.8 Å². The Morgan fingerprint density at radius 3 is 2.24 bits per heavy atom. The summed E-state index contributed by atoms with van der Waals surface area (Å²) in [5, 5.41) is 9.71. The van der Waals surface area contributed by atoms with Gasteiger partial charge in [0, 0.05) is 53.8 Å². The summed E-state index contributed by atoms with van der Waals surface area (Å²) in [5.41, 5.74) is 1.24. The number of carbonyl (C=O) groups is 2. The number of benzene rings is 1. The number of aromatic nitrogens is 2. The van der Waals surface area contributed by atoms with Crippen molar-refractivity contribution >= 4 is 27.5 Å². The van der Waals surface area contributed by atoms with Crippen molar-refractivity contribution in [1.82, 2.24) is 19.8 Å². The van der Waals surface area contributed by atoms with Crippen LogP contribution >= 0.6 is 0 Å². The van der Waals surface area contributed by atoms with Crippen LogP contribution < -0.4 is 10.6 Å². The number of carbonyl (C=O) groups excluding carboxylic acids is 2. The number of nitrogens with zero attached hydrogens (tertiary/aromatic N) is 3. The van der Waals surface area contributed by atoms with Crippen molar-refractivity contribution in [3.63, 3.8) is 0 Å². The minimum absolute atomic E-state index is 0.122. The van der Waals surface area contributed by atoms with E-state index in [1.54, 1.807) is 34.6 Å². The molecule has 2 N–H and O–H groups in total. The molecule has 0 spiro atoms. The molecule has 2 aliphatic heterocycles. The molecule has 2 amide bonds. The highest BCUT2D eigenvalue weighted by Gasteiger charge is 2.47. The maximum atomic E-state index is 13.5. The van der Waals surface area contributed by atoms with Gasteiger partial charge in [0.05, 0.1) is 4.90 Å². The summed E-state index contributed by atoms with van der Waals surface area (Å²) in [7, 11) is -3.73. The monoisotopic (exact) mass is 521 g/mol. The number of pyridine rings is 1. The van der Waals surface area contributed by atoms with Gasteiger partial charge in [-0.25, -0.2) is 8.42 Å². The van der Waals surface area contributed by atoms with Crippen molar-refractivity contribution in [2.45, 2.75) is 67.5 Å². The number of amides is 2. The van der Waals surface area contributed by atoms with E-state index in [4.69, 9.17) is 4.52 Å². The predicted octanol–water partition coefficient (Wildman–Crippen LogP) is 3.31. The SMILES string of the molecule is O=C(Nc1ccc(S(=O)(=O)N2[C@@H]3CC[C@H]2C[C@@H](NC(=O)c2cc(C4CC4)on2)C3)cc1)c1ccncc1. The van der Waals surface area contributed by atoms with Gasteiger partial charge < -0.3 is 15.2 Å². The van der Waals surface area contributed by atoms with Crippen molar-refractivity contribution in [1.29, 1.82) is 0 Å². The second kappa shape index (κ2) is 9.38. The number of nitrogens with one attached hydrogen (secondary N) is 2. The fourth-order valence-corrected chi connectivity index (χ4v) is 7.29. The van der Waals surface area contributed by atoms with Crippen LogP contribution in [0.5, 0.6) is 0 Å². The molecule has 192 valence electrons. The van der Waals surface area contributed by atoms with Crippen molar-refractivity contribution in [2.24, 2.45) is 0 Å². The molecular weight excluding hydrogens is 494 g/mol. The molecule has 3 fully saturated rings. The third kappa shape index (κ3) is 4.76. The van der Waals surface area contributed by atoms with Crippen LogP contribution in [0.1, 0.15) is 71.0 Å². The zero-order valence-corrected chi connectivity index (χ0v) is 20.9. The van der Waals surface area contributed by atoms with E-state index < -0.39 is 10.0 Å². The molecule has 2 saturated heterocycles. The van der Waals surface area contributed by atoms with Gasteiger partial charge in [0.15, 0.2) is 5.69 Å². The average molecular weight is 522 g/mol. The number of sulfonamides is 1. The number of hydrogen-bond donors (Lipinski definition) is 2. The fourth-order valence-electron chi connectivity index (χ4n) is 5.40. The number of rotatable bonds is 7. The summed E-state index contributed by atoms with van der Waals surface area (Å²) in [6, 6.07) is 10.7. The fraction of sp³-hybridized carbons (Fsp3) is 0.385. The molecule has 11 heteroatoms. The maximum absolute atomic E-state index is 13.5. The second-order valence-electron chi connectivity index (χ2n) is 9.96. The van der Waals surface area contributed by atoms with Gasteiger partial charge in [-0.1, -0.05) is 5.16 Å².